The average Bonchev–Trinajstić information content (AvgIpc) is 2.19. The third-order valence-corrected chi connectivity index (χ3v) is 1.88. The zero-order valence-corrected chi connectivity index (χ0v) is 7.45. The molecule has 0 saturated carbocycles. The van der Waals surface area contributed by atoms with E-state index in [2.05, 4.69) is 0 Å². The highest BCUT2D eigenvalue weighted by Crippen LogP contribution is 2.34. The van der Waals surface area contributed by atoms with Gasteiger partial charge in [0.25, 0.3) is 0 Å². The number of nitrogens with zero attached hydrogens (tertiary/aromatic N) is 1. The van der Waals surface area contributed by atoms with Gasteiger partial charge in [0.05, 0.1) is 11.6 Å². The Morgan fingerprint density at radius 3 is 2.40 bits per heavy atom. The van der Waals surface area contributed by atoms with Crippen LogP contribution in [0.15, 0.2) is 24.3 Å². The van der Waals surface area contributed by atoms with Gasteiger partial charge in [0.2, 0.25) is 0 Å². The van der Waals surface area contributed by atoms with E-state index >= 15 is 0 Å². The summed E-state index contributed by atoms with van der Waals surface area (Å²) in [5.41, 5.74) is -1.24. The molecule has 0 radical (unpaired) electrons. The Labute approximate surface area is 83.9 Å². The van der Waals surface area contributed by atoms with Crippen molar-refractivity contribution in [3.8, 4) is 6.07 Å². The molecule has 1 atom stereocenters. The highest BCUT2D eigenvalue weighted by Gasteiger charge is 2.34. The molecule has 1 aromatic rings. The fraction of sp³-hybridized carbons (Fsp3) is 0.200. The minimum absolute atomic E-state index is 0.199. The van der Waals surface area contributed by atoms with E-state index in [1.165, 1.54) is 18.2 Å². The molecule has 0 aromatic heterocycles. The number of carbonyl (C=O) groups excluding carboxylic acids is 1. The maximum absolute atomic E-state index is 12.5. The van der Waals surface area contributed by atoms with Crippen molar-refractivity contribution in [2.45, 2.75) is 12.1 Å². The number of hydrogen-bond acceptors (Lipinski definition) is 2. The van der Waals surface area contributed by atoms with E-state index in [9.17, 15) is 18.0 Å². The summed E-state index contributed by atoms with van der Waals surface area (Å²) in [5, 5.41) is 8.52. The zero-order valence-electron chi connectivity index (χ0n) is 7.45. The van der Waals surface area contributed by atoms with Gasteiger partial charge in [-0.1, -0.05) is 18.2 Å². The monoisotopic (exact) mass is 213 g/mol. The fourth-order valence-corrected chi connectivity index (χ4v) is 1.20. The highest BCUT2D eigenvalue weighted by molar-refractivity contribution is 5.67. The molecule has 0 aliphatic heterocycles. The first-order valence-corrected chi connectivity index (χ1v) is 4.01. The number of alkyl halides is 3. The lowest BCUT2D eigenvalue weighted by Gasteiger charge is -2.12. The third kappa shape index (κ3) is 2.34. The van der Waals surface area contributed by atoms with Gasteiger partial charge in [-0.2, -0.15) is 18.4 Å². The molecule has 0 aliphatic rings. The van der Waals surface area contributed by atoms with Gasteiger partial charge in [-0.15, -0.1) is 0 Å². The van der Waals surface area contributed by atoms with Crippen LogP contribution >= 0.6 is 0 Å². The number of nitriles is 1. The molecule has 1 aromatic carbocycles. The SMILES string of the molecule is N#C[C@@H](C=O)c1ccccc1C(F)(F)F. The standard InChI is InChI=1S/C10H6F3NO/c11-10(12,13)9-4-2-1-3-8(9)7(5-14)6-15/h1-4,6-7H/t7-/m0/s1. The Hall–Kier alpha value is -1.83. The van der Waals surface area contributed by atoms with Crippen LogP contribution in [-0.4, -0.2) is 6.29 Å². The van der Waals surface area contributed by atoms with Gasteiger partial charge in [-0.3, -0.25) is 0 Å². The lowest BCUT2D eigenvalue weighted by atomic mass is 9.96. The molecule has 15 heavy (non-hydrogen) atoms. The normalized spacial score (nSPS) is 12.9. The summed E-state index contributed by atoms with van der Waals surface area (Å²) < 4.78 is 37.4. The van der Waals surface area contributed by atoms with Crippen LogP contribution in [-0.2, 0) is 11.0 Å². The number of hydrogen-bond donors (Lipinski definition) is 0. The summed E-state index contributed by atoms with van der Waals surface area (Å²) in [5.74, 6) is -1.37. The molecular weight excluding hydrogens is 207 g/mol. The van der Waals surface area contributed by atoms with Gasteiger partial charge in [0.1, 0.15) is 12.2 Å². The third-order valence-electron chi connectivity index (χ3n) is 1.88. The van der Waals surface area contributed by atoms with Crippen LogP contribution in [0.4, 0.5) is 13.2 Å². The van der Waals surface area contributed by atoms with E-state index in [0.29, 0.717) is 0 Å². The molecule has 0 saturated heterocycles. The van der Waals surface area contributed by atoms with Crippen LogP contribution in [0.5, 0.6) is 0 Å². The van der Waals surface area contributed by atoms with Crippen LogP contribution in [0.25, 0.3) is 0 Å². The van der Waals surface area contributed by atoms with Crippen molar-refractivity contribution in [1.82, 2.24) is 0 Å². The Balaban J connectivity index is 3.30. The number of benzene rings is 1. The predicted molar refractivity (Wildman–Crippen MR) is 45.9 cm³/mol. The van der Waals surface area contributed by atoms with Crippen LogP contribution < -0.4 is 0 Å². The van der Waals surface area contributed by atoms with E-state index < -0.39 is 17.7 Å². The van der Waals surface area contributed by atoms with Crippen molar-refractivity contribution in [3.05, 3.63) is 35.4 Å². The average molecular weight is 213 g/mol. The van der Waals surface area contributed by atoms with Crippen LogP contribution in [0.1, 0.15) is 17.0 Å². The van der Waals surface area contributed by atoms with Crippen LogP contribution in [0, 0.1) is 11.3 Å². The summed E-state index contributed by atoms with van der Waals surface area (Å²) in [6, 6.07) is 6.07. The molecule has 5 heteroatoms. The molecule has 0 amide bonds. The summed E-state index contributed by atoms with van der Waals surface area (Å²) in [7, 11) is 0. The lowest BCUT2D eigenvalue weighted by molar-refractivity contribution is -0.138. The largest absolute Gasteiger partial charge is 0.416 e. The van der Waals surface area contributed by atoms with Crippen molar-refractivity contribution >= 4 is 6.29 Å². The number of aldehydes is 1. The number of rotatable bonds is 2. The topological polar surface area (TPSA) is 40.9 Å². The second-order valence-corrected chi connectivity index (χ2v) is 2.83. The summed E-state index contributed by atoms with van der Waals surface area (Å²) in [4.78, 5) is 10.4. The van der Waals surface area contributed by atoms with Gasteiger partial charge < -0.3 is 4.79 Å². The maximum Gasteiger partial charge on any atom is 0.416 e. The maximum atomic E-state index is 12.5. The molecule has 0 aliphatic carbocycles. The Morgan fingerprint density at radius 2 is 1.93 bits per heavy atom. The van der Waals surface area contributed by atoms with E-state index in [1.54, 1.807) is 0 Å². The Kier molecular flexibility index (Phi) is 3.10. The Bertz CT molecular complexity index is 406. The molecule has 0 fully saturated rings. The molecule has 78 valence electrons. The zero-order chi connectivity index (χ0) is 11.5. The van der Waals surface area contributed by atoms with Gasteiger partial charge in [0, 0.05) is 0 Å². The first kappa shape index (κ1) is 11.2. The summed E-state index contributed by atoms with van der Waals surface area (Å²) in [6.45, 7) is 0. The van der Waals surface area contributed by atoms with E-state index in [0.717, 1.165) is 12.1 Å². The van der Waals surface area contributed by atoms with Crippen molar-refractivity contribution in [1.29, 1.82) is 5.26 Å². The van der Waals surface area contributed by atoms with Crippen molar-refractivity contribution in [3.63, 3.8) is 0 Å². The second-order valence-electron chi connectivity index (χ2n) is 2.83. The van der Waals surface area contributed by atoms with E-state index in [1.807, 2.05) is 0 Å². The van der Waals surface area contributed by atoms with Gasteiger partial charge in [-0.05, 0) is 11.6 Å². The minimum atomic E-state index is -4.55. The molecule has 0 N–H and O–H groups in total. The molecule has 0 unspecified atom stereocenters. The predicted octanol–water partition coefficient (Wildman–Crippen LogP) is 2.51. The molecule has 0 heterocycles. The first-order valence-electron chi connectivity index (χ1n) is 4.01. The molecule has 2 nitrogen and oxygen atoms in total. The smallest absolute Gasteiger partial charge is 0.302 e. The van der Waals surface area contributed by atoms with Crippen LogP contribution in [0.2, 0.25) is 0 Å². The summed E-state index contributed by atoms with van der Waals surface area (Å²) >= 11 is 0. The summed E-state index contributed by atoms with van der Waals surface area (Å²) in [6.07, 6.45) is -4.35. The van der Waals surface area contributed by atoms with Crippen LogP contribution in [0.3, 0.4) is 0 Å². The fourth-order valence-electron chi connectivity index (χ4n) is 1.20. The highest BCUT2D eigenvalue weighted by atomic mass is 19.4. The van der Waals surface area contributed by atoms with Crippen molar-refractivity contribution in [2.75, 3.05) is 0 Å². The van der Waals surface area contributed by atoms with E-state index in [4.69, 9.17) is 5.26 Å². The minimum Gasteiger partial charge on any atom is -0.302 e. The molecular formula is C10H6F3NO. The second kappa shape index (κ2) is 4.13. The first-order chi connectivity index (χ1) is 7.00. The lowest BCUT2D eigenvalue weighted by Crippen LogP contribution is -2.11. The molecule has 0 spiro atoms. The number of carbonyl (C=O) groups is 1. The molecule has 0 bridgehead atoms. The van der Waals surface area contributed by atoms with Crippen molar-refractivity contribution in [2.24, 2.45) is 0 Å². The number of halogens is 3. The quantitative estimate of drug-likeness (QED) is 0.708. The Morgan fingerprint density at radius 1 is 1.33 bits per heavy atom. The molecule has 1 rings (SSSR count). The van der Waals surface area contributed by atoms with Crippen molar-refractivity contribution < 1.29 is 18.0 Å². The van der Waals surface area contributed by atoms with Gasteiger partial charge >= 0.3 is 6.18 Å². The van der Waals surface area contributed by atoms with Gasteiger partial charge in [-0.25, -0.2) is 0 Å². The van der Waals surface area contributed by atoms with Gasteiger partial charge in [0.15, 0.2) is 0 Å². The van der Waals surface area contributed by atoms with E-state index in [-0.39, 0.29) is 11.8 Å².